The number of ether oxygens (including phenoxy) is 1. The summed E-state index contributed by atoms with van der Waals surface area (Å²) >= 11 is 0. The van der Waals surface area contributed by atoms with Crippen molar-refractivity contribution in [3.8, 4) is 0 Å². The Kier molecular flexibility index (Phi) is 2.81. The predicted molar refractivity (Wildman–Crippen MR) is 47.6 cm³/mol. The van der Waals surface area contributed by atoms with Crippen LogP contribution in [-0.4, -0.2) is 31.3 Å². The summed E-state index contributed by atoms with van der Waals surface area (Å²) in [6.45, 7) is 0. The lowest BCUT2D eigenvalue weighted by Gasteiger charge is -1.99. The average Bonchev–Trinajstić information content (AvgIpc) is 2.44. The minimum Gasteiger partial charge on any atom is -0.465 e. The third-order valence-electron chi connectivity index (χ3n) is 1.52. The van der Waals surface area contributed by atoms with Crippen molar-refractivity contribution in [2.24, 2.45) is 7.05 Å². The minimum absolute atomic E-state index is 0.176. The van der Waals surface area contributed by atoms with Crippen LogP contribution in [0.2, 0.25) is 0 Å². The van der Waals surface area contributed by atoms with Crippen LogP contribution in [0.3, 0.4) is 0 Å². The molecule has 6 nitrogen and oxygen atoms in total. The van der Waals surface area contributed by atoms with Gasteiger partial charge in [-0.25, -0.2) is 13.2 Å². The maximum Gasteiger partial charge on any atom is 0.342 e. The largest absolute Gasteiger partial charge is 0.465 e. The van der Waals surface area contributed by atoms with Gasteiger partial charge in [0.05, 0.1) is 13.3 Å². The van der Waals surface area contributed by atoms with E-state index in [-0.39, 0.29) is 10.6 Å². The van der Waals surface area contributed by atoms with E-state index in [0.29, 0.717) is 0 Å². The van der Waals surface area contributed by atoms with Gasteiger partial charge in [0.15, 0.2) is 5.03 Å². The topological polar surface area (TPSA) is 78.3 Å². The molecule has 0 aliphatic heterocycles. The number of aromatic nitrogens is 2. The number of hydrogen-bond donors (Lipinski definition) is 0. The summed E-state index contributed by atoms with van der Waals surface area (Å²) in [4.78, 5) is 11.1. The molecule has 0 atom stereocenters. The zero-order chi connectivity index (χ0) is 10.9. The van der Waals surface area contributed by atoms with Crippen molar-refractivity contribution in [2.75, 3.05) is 7.11 Å². The van der Waals surface area contributed by atoms with Gasteiger partial charge >= 0.3 is 5.97 Å². The standard InChI is InChI=1S/C6H7ClN2O4S/c1-9-5(14(7,11)12)4(3-8-9)6(10)13-2/h3H,1-2H3. The Morgan fingerprint density at radius 3 is 2.64 bits per heavy atom. The second-order valence-corrected chi connectivity index (χ2v) is 4.90. The van der Waals surface area contributed by atoms with Crippen LogP contribution in [0, 0.1) is 0 Å². The van der Waals surface area contributed by atoms with Crippen LogP contribution in [-0.2, 0) is 20.8 Å². The third-order valence-corrected chi connectivity index (χ3v) is 2.91. The van der Waals surface area contributed by atoms with Gasteiger partial charge in [0, 0.05) is 17.7 Å². The van der Waals surface area contributed by atoms with Gasteiger partial charge in [-0.3, -0.25) is 4.68 Å². The minimum atomic E-state index is -4.00. The van der Waals surface area contributed by atoms with E-state index in [9.17, 15) is 13.2 Å². The van der Waals surface area contributed by atoms with E-state index >= 15 is 0 Å². The van der Waals surface area contributed by atoms with Crippen LogP contribution in [0.25, 0.3) is 0 Å². The van der Waals surface area contributed by atoms with Crippen molar-refractivity contribution in [1.82, 2.24) is 9.78 Å². The number of methoxy groups -OCH3 is 1. The molecule has 1 aromatic rings. The van der Waals surface area contributed by atoms with E-state index < -0.39 is 15.0 Å². The van der Waals surface area contributed by atoms with Crippen molar-refractivity contribution >= 4 is 25.7 Å². The lowest BCUT2D eigenvalue weighted by atomic mass is 10.4. The van der Waals surface area contributed by atoms with Crippen molar-refractivity contribution in [1.29, 1.82) is 0 Å². The maximum absolute atomic E-state index is 11.1. The summed E-state index contributed by atoms with van der Waals surface area (Å²) in [6, 6.07) is 0. The number of carbonyl (C=O) groups excluding carboxylic acids is 1. The Morgan fingerprint density at radius 1 is 1.64 bits per heavy atom. The Hall–Kier alpha value is -1.08. The van der Waals surface area contributed by atoms with Crippen LogP contribution in [0.1, 0.15) is 10.4 Å². The monoisotopic (exact) mass is 238 g/mol. The first-order valence-electron chi connectivity index (χ1n) is 3.43. The predicted octanol–water partition coefficient (Wildman–Crippen LogP) is 0.134. The third kappa shape index (κ3) is 1.88. The first-order chi connectivity index (χ1) is 6.38. The molecular formula is C6H7ClN2O4S. The van der Waals surface area contributed by atoms with E-state index in [4.69, 9.17) is 10.7 Å². The molecule has 0 fully saturated rings. The molecule has 0 saturated heterocycles. The fraction of sp³-hybridized carbons (Fsp3) is 0.333. The first-order valence-corrected chi connectivity index (χ1v) is 5.74. The van der Waals surface area contributed by atoms with Gasteiger partial charge < -0.3 is 4.74 Å². The summed E-state index contributed by atoms with van der Waals surface area (Å²) in [5, 5.41) is 3.23. The average molecular weight is 239 g/mol. The van der Waals surface area contributed by atoms with E-state index in [1.54, 1.807) is 0 Å². The van der Waals surface area contributed by atoms with Crippen LogP contribution in [0.5, 0.6) is 0 Å². The Balaban J connectivity index is 3.42. The molecule has 1 aromatic heterocycles. The molecule has 0 N–H and O–H groups in total. The number of nitrogens with zero attached hydrogens (tertiary/aromatic N) is 2. The summed E-state index contributed by atoms with van der Waals surface area (Å²) in [6.07, 6.45) is 1.08. The molecule has 0 spiro atoms. The number of carbonyl (C=O) groups is 1. The molecular weight excluding hydrogens is 232 g/mol. The molecule has 0 bridgehead atoms. The van der Waals surface area contributed by atoms with E-state index in [1.807, 2.05) is 0 Å². The van der Waals surface area contributed by atoms with Crippen LogP contribution < -0.4 is 0 Å². The second-order valence-electron chi connectivity index (χ2n) is 2.42. The summed E-state index contributed by atoms with van der Waals surface area (Å²) in [5.41, 5.74) is -0.176. The highest BCUT2D eigenvalue weighted by Crippen LogP contribution is 2.19. The number of halogens is 1. The molecule has 0 amide bonds. The summed E-state index contributed by atoms with van der Waals surface area (Å²) in [5.74, 6) is -0.794. The molecule has 1 heterocycles. The van der Waals surface area contributed by atoms with Crippen molar-refractivity contribution in [3.05, 3.63) is 11.8 Å². The number of aryl methyl sites for hydroxylation is 1. The van der Waals surface area contributed by atoms with Gasteiger partial charge in [-0.1, -0.05) is 0 Å². The Morgan fingerprint density at radius 2 is 2.21 bits per heavy atom. The molecule has 0 aliphatic carbocycles. The van der Waals surface area contributed by atoms with E-state index in [1.165, 1.54) is 7.05 Å². The quantitative estimate of drug-likeness (QED) is 0.541. The highest BCUT2D eigenvalue weighted by Gasteiger charge is 2.25. The molecule has 0 unspecified atom stereocenters. The zero-order valence-electron chi connectivity index (χ0n) is 7.39. The fourth-order valence-corrected chi connectivity index (χ4v) is 2.28. The molecule has 78 valence electrons. The van der Waals surface area contributed by atoms with E-state index in [2.05, 4.69) is 9.84 Å². The number of rotatable bonds is 2. The summed E-state index contributed by atoms with van der Waals surface area (Å²) < 4.78 is 27.5. The van der Waals surface area contributed by atoms with Gasteiger partial charge in [0.2, 0.25) is 0 Å². The molecule has 0 saturated carbocycles. The van der Waals surface area contributed by atoms with Crippen molar-refractivity contribution in [3.63, 3.8) is 0 Å². The lowest BCUT2D eigenvalue weighted by Crippen LogP contribution is -2.09. The number of esters is 1. The molecule has 8 heteroatoms. The number of hydrogen-bond acceptors (Lipinski definition) is 5. The van der Waals surface area contributed by atoms with Crippen LogP contribution >= 0.6 is 10.7 Å². The van der Waals surface area contributed by atoms with Gasteiger partial charge in [-0.15, -0.1) is 0 Å². The molecule has 1 rings (SSSR count). The van der Waals surface area contributed by atoms with Crippen LogP contribution in [0.4, 0.5) is 0 Å². The SMILES string of the molecule is COC(=O)c1cnn(C)c1S(=O)(=O)Cl. The molecule has 14 heavy (non-hydrogen) atoms. The van der Waals surface area contributed by atoms with E-state index in [0.717, 1.165) is 18.0 Å². The van der Waals surface area contributed by atoms with Crippen molar-refractivity contribution < 1.29 is 17.9 Å². The second kappa shape index (κ2) is 3.58. The Labute approximate surface area is 84.8 Å². The Bertz CT molecular complexity index is 464. The van der Waals surface area contributed by atoms with Gasteiger partial charge in [-0.05, 0) is 0 Å². The molecule has 0 aliphatic rings. The van der Waals surface area contributed by atoms with Crippen LogP contribution in [0.15, 0.2) is 11.2 Å². The van der Waals surface area contributed by atoms with Crippen molar-refractivity contribution in [2.45, 2.75) is 5.03 Å². The zero-order valence-corrected chi connectivity index (χ0v) is 8.96. The highest BCUT2D eigenvalue weighted by atomic mass is 35.7. The first kappa shape index (κ1) is 11.0. The maximum atomic E-state index is 11.1. The lowest BCUT2D eigenvalue weighted by molar-refractivity contribution is 0.0596. The summed E-state index contributed by atoms with van der Waals surface area (Å²) in [7, 11) is 3.61. The molecule has 0 radical (unpaired) electrons. The smallest absolute Gasteiger partial charge is 0.342 e. The van der Waals surface area contributed by atoms with Gasteiger partial charge in [0.25, 0.3) is 9.05 Å². The fourth-order valence-electron chi connectivity index (χ4n) is 0.965. The van der Waals surface area contributed by atoms with Gasteiger partial charge in [0.1, 0.15) is 5.56 Å². The molecule has 0 aromatic carbocycles. The normalized spacial score (nSPS) is 11.4. The highest BCUT2D eigenvalue weighted by molar-refractivity contribution is 8.13. The van der Waals surface area contributed by atoms with Gasteiger partial charge in [-0.2, -0.15) is 5.10 Å².